The van der Waals surface area contributed by atoms with E-state index in [4.69, 9.17) is 14.0 Å². The van der Waals surface area contributed by atoms with Crippen LogP contribution in [0.5, 0.6) is 11.5 Å². The lowest BCUT2D eigenvalue weighted by molar-refractivity contribution is -0.137. The fraction of sp³-hybridized carbons (Fsp3) is 0.333. The fourth-order valence-corrected chi connectivity index (χ4v) is 3.80. The van der Waals surface area contributed by atoms with Crippen LogP contribution in [-0.4, -0.2) is 22.8 Å². The van der Waals surface area contributed by atoms with Crippen LogP contribution in [0.4, 0.5) is 0 Å². The lowest BCUT2D eigenvalue weighted by Crippen LogP contribution is -2.26. The van der Waals surface area contributed by atoms with Crippen LogP contribution in [0, 0.1) is 0 Å². The van der Waals surface area contributed by atoms with Crippen molar-refractivity contribution in [3.8, 4) is 11.5 Å². The maximum absolute atomic E-state index is 11.3. The molecule has 0 spiro atoms. The molecule has 6 heteroatoms. The Morgan fingerprint density at radius 1 is 1.20 bits per heavy atom. The summed E-state index contributed by atoms with van der Waals surface area (Å²) in [6.07, 6.45) is 2.39. The molecule has 0 bridgehead atoms. The first-order valence-corrected chi connectivity index (χ1v) is 10.0. The molecule has 0 fully saturated rings. The van der Waals surface area contributed by atoms with Crippen molar-refractivity contribution < 1.29 is 23.9 Å². The molecular formula is C24H25NO5. The molecule has 156 valence electrons. The smallest absolute Gasteiger partial charge is 0.304 e. The van der Waals surface area contributed by atoms with E-state index in [1.165, 1.54) is 11.8 Å². The highest BCUT2D eigenvalue weighted by Crippen LogP contribution is 2.38. The van der Waals surface area contributed by atoms with Crippen LogP contribution >= 0.6 is 0 Å². The van der Waals surface area contributed by atoms with Gasteiger partial charge in [0, 0.05) is 17.5 Å². The van der Waals surface area contributed by atoms with Gasteiger partial charge in [-0.2, -0.15) is 0 Å². The van der Waals surface area contributed by atoms with Gasteiger partial charge in [-0.15, -0.1) is 0 Å². The van der Waals surface area contributed by atoms with Crippen LogP contribution in [0.1, 0.15) is 55.0 Å². The first kappa shape index (κ1) is 20.0. The van der Waals surface area contributed by atoms with Crippen molar-refractivity contribution in [1.82, 2.24) is 5.16 Å². The number of ether oxygens (including phenoxy) is 2. The van der Waals surface area contributed by atoms with Gasteiger partial charge in [0.1, 0.15) is 24.4 Å². The van der Waals surface area contributed by atoms with Crippen LogP contribution in [0.3, 0.4) is 0 Å². The molecule has 0 radical (unpaired) electrons. The standard InChI is InChI=1S/C24H25NO5/c1-24(2)10-12-28-22-8-3-16(13-20(22)24)15-29-18-6-4-17(5-7-18)19(14-23(26)27)21-9-11-30-25-21/h3-9,11,13,19H,10,12,14-15H2,1-2H3,(H,26,27). The molecule has 30 heavy (non-hydrogen) atoms. The SMILES string of the molecule is CC1(C)CCOc2ccc(COc3ccc(C(CC(=O)O)c4ccon4)cc3)cc21. The van der Waals surface area contributed by atoms with E-state index in [2.05, 4.69) is 25.1 Å². The van der Waals surface area contributed by atoms with Gasteiger partial charge in [-0.05, 0) is 47.2 Å². The summed E-state index contributed by atoms with van der Waals surface area (Å²) in [5.74, 6) is 0.429. The molecule has 0 saturated heterocycles. The quantitative estimate of drug-likeness (QED) is 0.599. The Balaban J connectivity index is 1.46. The molecule has 1 N–H and O–H groups in total. The molecule has 1 atom stereocenters. The molecule has 4 rings (SSSR count). The summed E-state index contributed by atoms with van der Waals surface area (Å²) in [5.41, 5.74) is 3.85. The van der Waals surface area contributed by atoms with Gasteiger partial charge in [0.05, 0.1) is 18.7 Å². The number of aromatic nitrogens is 1. The Morgan fingerprint density at radius 3 is 2.70 bits per heavy atom. The molecule has 3 aromatic rings. The fourth-order valence-electron chi connectivity index (χ4n) is 3.80. The van der Waals surface area contributed by atoms with Crippen LogP contribution in [0.2, 0.25) is 0 Å². The van der Waals surface area contributed by atoms with E-state index >= 15 is 0 Å². The molecule has 6 nitrogen and oxygen atoms in total. The summed E-state index contributed by atoms with van der Waals surface area (Å²) in [6.45, 7) is 5.67. The molecule has 1 aliphatic rings. The Labute approximate surface area is 175 Å². The topological polar surface area (TPSA) is 81.8 Å². The largest absolute Gasteiger partial charge is 0.493 e. The Hall–Kier alpha value is -3.28. The predicted octanol–water partition coefficient (Wildman–Crippen LogP) is 4.92. The van der Waals surface area contributed by atoms with Crippen molar-refractivity contribution in [1.29, 1.82) is 0 Å². The van der Waals surface area contributed by atoms with Gasteiger partial charge in [0.15, 0.2) is 0 Å². The maximum Gasteiger partial charge on any atom is 0.304 e. The zero-order chi connectivity index (χ0) is 21.1. The zero-order valence-electron chi connectivity index (χ0n) is 17.1. The molecule has 0 saturated carbocycles. The lowest BCUT2D eigenvalue weighted by atomic mass is 9.79. The molecular weight excluding hydrogens is 382 g/mol. The summed E-state index contributed by atoms with van der Waals surface area (Å²) in [6, 6.07) is 15.4. The van der Waals surface area contributed by atoms with Crippen molar-refractivity contribution in [2.24, 2.45) is 0 Å². The minimum Gasteiger partial charge on any atom is -0.493 e. The van der Waals surface area contributed by atoms with E-state index in [-0.39, 0.29) is 17.8 Å². The van der Waals surface area contributed by atoms with Crippen LogP contribution < -0.4 is 9.47 Å². The Morgan fingerprint density at radius 2 is 2.00 bits per heavy atom. The summed E-state index contributed by atoms with van der Waals surface area (Å²) in [5, 5.41) is 13.1. The highest BCUT2D eigenvalue weighted by Gasteiger charge is 2.28. The average molecular weight is 407 g/mol. The average Bonchev–Trinajstić information content (AvgIpc) is 3.25. The van der Waals surface area contributed by atoms with E-state index in [0.717, 1.165) is 35.7 Å². The second kappa shape index (κ2) is 8.22. The molecule has 0 aliphatic carbocycles. The van der Waals surface area contributed by atoms with Crippen LogP contribution in [0.25, 0.3) is 0 Å². The van der Waals surface area contributed by atoms with E-state index in [1.54, 1.807) is 6.07 Å². The molecule has 2 heterocycles. The van der Waals surface area contributed by atoms with Gasteiger partial charge in [-0.1, -0.05) is 37.2 Å². The van der Waals surface area contributed by atoms with Gasteiger partial charge in [-0.3, -0.25) is 4.79 Å². The summed E-state index contributed by atoms with van der Waals surface area (Å²) in [7, 11) is 0. The number of nitrogens with zero attached hydrogens (tertiary/aromatic N) is 1. The van der Waals surface area contributed by atoms with E-state index in [9.17, 15) is 9.90 Å². The minimum atomic E-state index is -0.886. The first-order valence-electron chi connectivity index (χ1n) is 10.0. The number of fused-ring (bicyclic) bond motifs is 1. The van der Waals surface area contributed by atoms with Gasteiger partial charge < -0.3 is 19.1 Å². The van der Waals surface area contributed by atoms with Crippen molar-refractivity contribution in [2.75, 3.05) is 6.61 Å². The maximum atomic E-state index is 11.3. The van der Waals surface area contributed by atoms with Crippen LogP contribution in [0.15, 0.2) is 59.3 Å². The normalized spacial score (nSPS) is 15.7. The van der Waals surface area contributed by atoms with Crippen molar-refractivity contribution >= 4 is 5.97 Å². The van der Waals surface area contributed by atoms with E-state index in [1.807, 2.05) is 36.4 Å². The number of rotatable bonds is 7. The van der Waals surface area contributed by atoms with E-state index < -0.39 is 5.97 Å². The third-order valence-electron chi connectivity index (χ3n) is 5.64. The van der Waals surface area contributed by atoms with Crippen molar-refractivity contribution in [3.63, 3.8) is 0 Å². The van der Waals surface area contributed by atoms with Crippen molar-refractivity contribution in [2.45, 2.75) is 44.6 Å². The highest BCUT2D eigenvalue weighted by atomic mass is 16.5. The second-order valence-corrected chi connectivity index (χ2v) is 8.25. The molecule has 0 amide bonds. The number of benzene rings is 2. The number of carboxylic acid groups (broad SMARTS) is 1. The predicted molar refractivity (Wildman–Crippen MR) is 111 cm³/mol. The monoisotopic (exact) mass is 407 g/mol. The number of hydrogen-bond donors (Lipinski definition) is 1. The Kier molecular flexibility index (Phi) is 5.48. The van der Waals surface area contributed by atoms with E-state index in [0.29, 0.717) is 12.3 Å². The number of hydrogen-bond acceptors (Lipinski definition) is 5. The van der Waals surface area contributed by atoms with Crippen molar-refractivity contribution in [3.05, 3.63) is 77.2 Å². The molecule has 1 aromatic heterocycles. The third kappa shape index (κ3) is 4.32. The van der Waals surface area contributed by atoms with Gasteiger partial charge >= 0.3 is 5.97 Å². The van der Waals surface area contributed by atoms with Gasteiger partial charge in [0.2, 0.25) is 0 Å². The minimum absolute atomic E-state index is 0.0558. The second-order valence-electron chi connectivity index (χ2n) is 8.25. The molecule has 2 aromatic carbocycles. The lowest BCUT2D eigenvalue weighted by Gasteiger charge is -2.32. The summed E-state index contributed by atoms with van der Waals surface area (Å²) < 4.78 is 16.6. The number of carbonyl (C=O) groups is 1. The highest BCUT2D eigenvalue weighted by molar-refractivity contribution is 5.68. The Bertz CT molecular complexity index is 1010. The van der Waals surface area contributed by atoms with Crippen LogP contribution in [-0.2, 0) is 16.8 Å². The first-order chi connectivity index (χ1) is 14.4. The van der Waals surface area contributed by atoms with Gasteiger partial charge in [0.25, 0.3) is 0 Å². The van der Waals surface area contributed by atoms with Gasteiger partial charge in [-0.25, -0.2) is 0 Å². The summed E-state index contributed by atoms with van der Waals surface area (Å²) >= 11 is 0. The number of carboxylic acids is 1. The molecule has 1 aliphatic heterocycles. The zero-order valence-corrected chi connectivity index (χ0v) is 17.1. The summed E-state index contributed by atoms with van der Waals surface area (Å²) in [4.78, 5) is 11.3. The number of aliphatic carboxylic acids is 1. The molecule has 1 unspecified atom stereocenters. The third-order valence-corrected chi connectivity index (χ3v) is 5.64.